The van der Waals surface area contributed by atoms with Gasteiger partial charge in [0.05, 0.1) is 15.7 Å². The van der Waals surface area contributed by atoms with E-state index >= 15 is 0 Å². The van der Waals surface area contributed by atoms with Gasteiger partial charge in [0.15, 0.2) is 0 Å². The van der Waals surface area contributed by atoms with E-state index in [4.69, 9.17) is 16.2 Å². The average molecular weight is 268 g/mol. The van der Waals surface area contributed by atoms with Crippen LogP contribution in [0.25, 0.3) is 0 Å². The molecule has 0 bridgehead atoms. The Morgan fingerprint density at radius 2 is 2.20 bits per heavy atom. The van der Waals surface area contributed by atoms with E-state index in [1.807, 2.05) is 6.92 Å². The molecule has 0 saturated heterocycles. The zero-order valence-electron chi connectivity index (χ0n) is 7.97. The first kappa shape index (κ1) is 12.8. The summed E-state index contributed by atoms with van der Waals surface area (Å²) in [5, 5.41) is 0.939. The molecule has 0 aliphatic carbocycles. The van der Waals surface area contributed by atoms with Crippen molar-refractivity contribution in [3.05, 3.63) is 22.8 Å². The molecule has 0 aromatic carbocycles. The van der Waals surface area contributed by atoms with Crippen LogP contribution in [0.15, 0.2) is 17.2 Å². The monoisotopic (exact) mass is 267 g/mol. The van der Waals surface area contributed by atoms with Crippen molar-refractivity contribution in [2.75, 3.05) is 5.75 Å². The first-order chi connectivity index (χ1) is 6.92. The van der Waals surface area contributed by atoms with Crippen molar-refractivity contribution in [2.45, 2.75) is 17.7 Å². The van der Waals surface area contributed by atoms with Crippen molar-refractivity contribution in [3.8, 4) is 0 Å². The third-order valence-corrected chi connectivity index (χ3v) is 3.30. The quantitative estimate of drug-likeness (QED) is 0.669. The van der Waals surface area contributed by atoms with Crippen LogP contribution in [0.4, 0.5) is 0 Å². The lowest BCUT2D eigenvalue weighted by molar-refractivity contribution is 0.481. The van der Waals surface area contributed by atoms with Crippen LogP contribution in [0.3, 0.4) is 0 Å². The van der Waals surface area contributed by atoms with Gasteiger partial charge >= 0.3 is 0 Å². The summed E-state index contributed by atoms with van der Waals surface area (Å²) in [5.41, 5.74) is 0.178. The van der Waals surface area contributed by atoms with Crippen LogP contribution in [0.2, 0.25) is 5.02 Å². The summed E-state index contributed by atoms with van der Waals surface area (Å²) in [6, 6.07) is 3.29. The Hall–Kier alpha value is -0.300. The van der Waals surface area contributed by atoms with E-state index in [0.29, 0.717) is 5.03 Å². The summed E-state index contributed by atoms with van der Waals surface area (Å²) in [4.78, 5) is 4.04. The largest absolute Gasteiger partial charge is 0.285 e. The molecular formula is C8H10ClNO3S2. The summed E-state index contributed by atoms with van der Waals surface area (Å²) in [6.45, 7) is 1.96. The van der Waals surface area contributed by atoms with Gasteiger partial charge < -0.3 is 0 Å². The molecule has 0 atom stereocenters. The number of hydrogen-bond donors (Lipinski definition) is 1. The van der Waals surface area contributed by atoms with E-state index in [1.54, 1.807) is 12.1 Å². The van der Waals surface area contributed by atoms with Crippen molar-refractivity contribution in [1.29, 1.82) is 0 Å². The van der Waals surface area contributed by atoms with Crippen LogP contribution in [0.5, 0.6) is 0 Å². The second-order valence-corrected chi connectivity index (χ2v) is 5.88. The fourth-order valence-corrected chi connectivity index (χ4v) is 2.42. The Bertz CT molecular complexity index is 447. The number of thioether (sulfide) groups is 1. The normalized spacial score (nSPS) is 11.7. The molecule has 0 saturated carbocycles. The van der Waals surface area contributed by atoms with Gasteiger partial charge in [-0.05, 0) is 17.9 Å². The first-order valence-corrected chi connectivity index (χ1v) is 7.13. The second-order valence-electron chi connectivity index (χ2n) is 2.74. The topological polar surface area (TPSA) is 67.3 Å². The molecule has 1 rings (SSSR count). The van der Waals surface area contributed by atoms with Gasteiger partial charge in [0, 0.05) is 0 Å². The van der Waals surface area contributed by atoms with Gasteiger partial charge in [0.1, 0.15) is 5.75 Å². The lowest BCUT2D eigenvalue weighted by atomic mass is 10.4. The molecule has 0 radical (unpaired) electrons. The molecule has 0 aliphatic heterocycles. The number of hydrogen-bond acceptors (Lipinski definition) is 4. The molecule has 0 unspecified atom stereocenters. The summed E-state index contributed by atoms with van der Waals surface area (Å²) in [7, 11) is -4.09. The fraction of sp³-hybridized carbons (Fsp3) is 0.375. The molecule has 7 heteroatoms. The van der Waals surface area contributed by atoms with Crippen LogP contribution in [-0.2, 0) is 15.9 Å². The van der Waals surface area contributed by atoms with Gasteiger partial charge in [-0.2, -0.15) is 8.42 Å². The molecule has 1 aromatic rings. The number of pyridine rings is 1. The molecule has 1 N–H and O–H groups in total. The van der Waals surface area contributed by atoms with Crippen molar-refractivity contribution < 1.29 is 13.0 Å². The highest BCUT2D eigenvalue weighted by molar-refractivity contribution is 7.99. The lowest BCUT2D eigenvalue weighted by Crippen LogP contribution is -2.04. The lowest BCUT2D eigenvalue weighted by Gasteiger charge is -2.03. The SMILES string of the molecule is CCSc1ccc(Cl)c(CS(=O)(=O)O)n1. The van der Waals surface area contributed by atoms with Crippen LogP contribution in [0.1, 0.15) is 12.6 Å². The highest BCUT2D eigenvalue weighted by Gasteiger charge is 2.12. The maximum Gasteiger partial charge on any atom is 0.270 e. The van der Waals surface area contributed by atoms with E-state index < -0.39 is 15.9 Å². The highest BCUT2D eigenvalue weighted by Crippen LogP contribution is 2.21. The Labute approximate surface area is 97.8 Å². The van der Waals surface area contributed by atoms with Crippen LogP contribution in [-0.4, -0.2) is 23.7 Å². The molecule has 1 heterocycles. The van der Waals surface area contributed by atoms with Gasteiger partial charge in [-0.25, -0.2) is 4.98 Å². The van der Waals surface area contributed by atoms with Crippen LogP contribution >= 0.6 is 23.4 Å². The Kier molecular flexibility index (Phi) is 4.39. The zero-order chi connectivity index (χ0) is 11.5. The minimum Gasteiger partial charge on any atom is -0.285 e. The molecule has 0 amide bonds. The number of halogens is 1. The summed E-state index contributed by atoms with van der Waals surface area (Å²) >= 11 is 7.23. The van der Waals surface area contributed by atoms with Crippen LogP contribution < -0.4 is 0 Å². The zero-order valence-corrected chi connectivity index (χ0v) is 10.4. The predicted octanol–water partition coefficient (Wildman–Crippen LogP) is 2.23. The Morgan fingerprint density at radius 3 is 2.73 bits per heavy atom. The molecule has 84 valence electrons. The van der Waals surface area contributed by atoms with Gasteiger partial charge in [-0.15, -0.1) is 11.8 Å². The van der Waals surface area contributed by atoms with Crippen molar-refractivity contribution in [1.82, 2.24) is 4.98 Å². The summed E-state index contributed by atoms with van der Waals surface area (Å²) in [5.74, 6) is 0.282. The predicted molar refractivity (Wildman–Crippen MR) is 60.9 cm³/mol. The van der Waals surface area contributed by atoms with Gasteiger partial charge in [0.2, 0.25) is 0 Å². The van der Waals surface area contributed by atoms with E-state index in [-0.39, 0.29) is 10.7 Å². The van der Waals surface area contributed by atoms with E-state index in [0.717, 1.165) is 5.75 Å². The maximum atomic E-state index is 10.7. The summed E-state index contributed by atoms with van der Waals surface area (Å²) in [6.07, 6.45) is 0. The third-order valence-electron chi connectivity index (χ3n) is 1.50. The highest BCUT2D eigenvalue weighted by atomic mass is 35.5. The van der Waals surface area contributed by atoms with Crippen molar-refractivity contribution in [2.24, 2.45) is 0 Å². The molecule has 4 nitrogen and oxygen atoms in total. The fourth-order valence-electron chi connectivity index (χ4n) is 0.967. The van der Waals surface area contributed by atoms with E-state index in [9.17, 15) is 8.42 Å². The van der Waals surface area contributed by atoms with Gasteiger partial charge in [-0.1, -0.05) is 18.5 Å². The smallest absolute Gasteiger partial charge is 0.270 e. The number of nitrogens with zero attached hydrogens (tertiary/aromatic N) is 1. The Balaban J connectivity index is 3.00. The van der Waals surface area contributed by atoms with E-state index in [2.05, 4.69) is 4.98 Å². The molecular weight excluding hydrogens is 258 g/mol. The standard InChI is InChI=1S/C8H10ClNO3S2/c1-2-14-8-4-3-6(9)7(10-8)5-15(11,12)13/h3-4H,2,5H2,1H3,(H,11,12,13). The van der Waals surface area contributed by atoms with E-state index in [1.165, 1.54) is 11.8 Å². The van der Waals surface area contributed by atoms with Crippen LogP contribution in [0, 0.1) is 0 Å². The molecule has 0 fully saturated rings. The molecule has 1 aromatic heterocycles. The number of aromatic nitrogens is 1. The summed E-state index contributed by atoms with van der Waals surface area (Å²) < 4.78 is 30.0. The third kappa shape index (κ3) is 4.38. The minimum absolute atomic E-state index is 0.178. The van der Waals surface area contributed by atoms with Crippen molar-refractivity contribution in [3.63, 3.8) is 0 Å². The molecule has 0 spiro atoms. The van der Waals surface area contributed by atoms with Gasteiger partial charge in [-0.3, -0.25) is 4.55 Å². The molecule has 0 aliphatic rings. The van der Waals surface area contributed by atoms with Crippen molar-refractivity contribution >= 4 is 33.5 Å². The first-order valence-electron chi connectivity index (χ1n) is 4.15. The Morgan fingerprint density at radius 1 is 1.53 bits per heavy atom. The maximum absolute atomic E-state index is 10.7. The molecule has 15 heavy (non-hydrogen) atoms. The number of rotatable bonds is 4. The average Bonchev–Trinajstić information content (AvgIpc) is 2.09. The second kappa shape index (κ2) is 5.16. The van der Waals surface area contributed by atoms with Gasteiger partial charge in [0.25, 0.3) is 10.1 Å². The minimum atomic E-state index is -4.09.